The van der Waals surface area contributed by atoms with Gasteiger partial charge in [-0.25, -0.2) is 0 Å². The second kappa shape index (κ2) is 3.38. The molecule has 1 heterocycles. The van der Waals surface area contributed by atoms with E-state index in [0.29, 0.717) is 11.3 Å². The first-order valence-electron chi connectivity index (χ1n) is 6.67. The number of aliphatic hydroxyl groups is 1. The molecule has 4 rings (SSSR count). The maximum absolute atomic E-state index is 11.0. The Bertz CT molecular complexity index is 405. The zero-order valence-electron chi connectivity index (χ0n) is 11.0. The maximum Gasteiger partial charge on any atom is 0.128 e. The van der Waals surface area contributed by atoms with E-state index in [0.717, 1.165) is 31.6 Å². The Morgan fingerprint density at radius 2 is 2.12 bits per heavy atom. The minimum atomic E-state index is -0.726. The second-order valence-corrected chi connectivity index (χ2v) is 6.60. The van der Waals surface area contributed by atoms with Crippen LogP contribution in [0.25, 0.3) is 0 Å². The summed E-state index contributed by atoms with van der Waals surface area (Å²) in [7, 11) is 0. The Morgan fingerprint density at radius 1 is 1.35 bits per heavy atom. The van der Waals surface area contributed by atoms with Crippen LogP contribution in [0.5, 0.6) is 0 Å². The summed E-state index contributed by atoms with van der Waals surface area (Å²) in [5, 5.41) is 11.0. The first-order valence-corrected chi connectivity index (χ1v) is 6.67. The van der Waals surface area contributed by atoms with Crippen LogP contribution in [-0.2, 0) is 4.74 Å². The lowest BCUT2D eigenvalue weighted by Crippen LogP contribution is -2.53. The van der Waals surface area contributed by atoms with Crippen molar-refractivity contribution in [3.05, 3.63) is 23.5 Å². The molecule has 1 saturated carbocycles. The largest absolute Gasteiger partial charge is 0.495 e. The van der Waals surface area contributed by atoms with E-state index in [1.807, 2.05) is 0 Å². The summed E-state index contributed by atoms with van der Waals surface area (Å²) in [4.78, 5) is 0. The molecule has 2 heteroatoms. The lowest BCUT2D eigenvalue weighted by molar-refractivity contribution is -0.0935. The third kappa shape index (κ3) is 1.50. The molecule has 0 saturated heterocycles. The predicted molar refractivity (Wildman–Crippen MR) is 67.4 cm³/mol. The average molecular weight is 234 g/mol. The topological polar surface area (TPSA) is 29.5 Å². The first kappa shape index (κ1) is 11.3. The third-order valence-electron chi connectivity index (χ3n) is 4.96. The van der Waals surface area contributed by atoms with Crippen molar-refractivity contribution in [3.8, 4) is 0 Å². The van der Waals surface area contributed by atoms with Gasteiger partial charge in [-0.05, 0) is 37.2 Å². The summed E-state index contributed by atoms with van der Waals surface area (Å²) >= 11 is 0. The molecule has 1 aliphatic heterocycles. The first-order chi connectivity index (χ1) is 7.93. The van der Waals surface area contributed by atoms with Crippen molar-refractivity contribution in [3.63, 3.8) is 0 Å². The normalized spacial score (nSPS) is 43.1. The van der Waals surface area contributed by atoms with Crippen molar-refractivity contribution in [1.29, 1.82) is 0 Å². The monoisotopic (exact) mass is 234 g/mol. The Hall–Kier alpha value is -0.760. The molecule has 0 spiro atoms. The summed E-state index contributed by atoms with van der Waals surface area (Å²) < 4.78 is 5.63. The van der Waals surface area contributed by atoms with Gasteiger partial charge in [-0.3, -0.25) is 0 Å². The third-order valence-corrected chi connectivity index (χ3v) is 4.96. The molecule has 3 aliphatic carbocycles. The standard InChI is InChI=1S/C15H22O2/c1-10-7-11-8-14(2,3)12(10)9-15(11,16)13-5-4-6-17-13/h5,7,11-12,16H,4,6,8-9H2,1-3H3/t11-,12-,15-/m0/s1. The smallest absolute Gasteiger partial charge is 0.128 e. The Labute approximate surface area is 103 Å². The van der Waals surface area contributed by atoms with Gasteiger partial charge in [-0.2, -0.15) is 0 Å². The molecular formula is C15H22O2. The molecule has 3 atom stereocenters. The van der Waals surface area contributed by atoms with E-state index in [1.165, 1.54) is 5.57 Å². The lowest BCUT2D eigenvalue weighted by atomic mass is 9.52. The fourth-order valence-corrected chi connectivity index (χ4v) is 4.03. The van der Waals surface area contributed by atoms with Crippen LogP contribution < -0.4 is 0 Å². The molecule has 0 radical (unpaired) electrons. The molecule has 17 heavy (non-hydrogen) atoms. The highest BCUT2D eigenvalue weighted by atomic mass is 16.5. The maximum atomic E-state index is 11.0. The van der Waals surface area contributed by atoms with E-state index in [9.17, 15) is 5.11 Å². The van der Waals surface area contributed by atoms with Gasteiger partial charge < -0.3 is 9.84 Å². The minimum absolute atomic E-state index is 0.229. The molecule has 0 aromatic carbocycles. The molecule has 0 aromatic rings. The average Bonchev–Trinajstić information content (AvgIpc) is 2.74. The van der Waals surface area contributed by atoms with E-state index in [1.54, 1.807) is 0 Å². The summed E-state index contributed by atoms with van der Waals surface area (Å²) in [6, 6.07) is 0. The van der Waals surface area contributed by atoms with Gasteiger partial charge in [0.05, 0.1) is 6.61 Å². The van der Waals surface area contributed by atoms with E-state index in [-0.39, 0.29) is 5.92 Å². The van der Waals surface area contributed by atoms with Crippen molar-refractivity contribution >= 4 is 0 Å². The molecule has 1 fully saturated rings. The highest BCUT2D eigenvalue weighted by molar-refractivity contribution is 5.31. The fourth-order valence-electron chi connectivity index (χ4n) is 4.03. The van der Waals surface area contributed by atoms with Gasteiger partial charge in [0.2, 0.25) is 0 Å². The van der Waals surface area contributed by atoms with E-state index in [2.05, 4.69) is 32.9 Å². The summed E-state index contributed by atoms with van der Waals surface area (Å²) in [5.74, 6) is 1.56. The number of hydrogen-bond donors (Lipinski definition) is 1. The molecule has 94 valence electrons. The van der Waals surface area contributed by atoms with E-state index < -0.39 is 5.60 Å². The number of allylic oxidation sites excluding steroid dienone is 1. The van der Waals surface area contributed by atoms with Crippen molar-refractivity contribution in [1.82, 2.24) is 0 Å². The summed E-state index contributed by atoms with van der Waals surface area (Å²) in [6.45, 7) is 7.60. The molecule has 1 N–H and O–H groups in total. The van der Waals surface area contributed by atoms with Gasteiger partial charge in [-0.1, -0.05) is 25.5 Å². The molecule has 0 unspecified atom stereocenters. The van der Waals surface area contributed by atoms with Crippen molar-refractivity contribution in [2.45, 2.75) is 45.6 Å². The van der Waals surface area contributed by atoms with Gasteiger partial charge in [0.15, 0.2) is 0 Å². The van der Waals surface area contributed by atoms with Crippen molar-refractivity contribution in [2.75, 3.05) is 6.61 Å². The van der Waals surface area contributed by atoms with Crippen molar-refractivity contribution < 1.29 is 9.84 Å². The van der Waals surface area contributed by atoms with Crippen LogP contribution in [0, 0.1) is 17.3 Å². The molecule has 2 nitrogen and oxygen atoms in total. The number of hydrogen-bond acceptors (Lipinski definition) is 2. The highest BCUT2D eigenvalue weighted by Crippen LogP contribution is 2.57. The molecule has 0 aromatic heterocycles. The predicted octanol–water partition coefficient (Wildman–Crippen LogP) is 3.03. The van der Waals surface area contributed by atoms with Crippen LogP contribution in [0.4, 0.5) is 0 Å². The SMILES string of the molecule is CC1=C[C@H]2CC(C)(C)[C@H]1C[C@@]2(O)C1=CCCO1. The number of rotatable bonds is 1. The van der Waals surface area contributed by atoms with Gasteiger partial charge in [-0.15, -0.1) is 0 Å². The van der Waals surface area contributed by atoms with E-state index in [4.69, 9.17) is 4.74 Å². The van der Waals surface area contributed by atoms with Crippen LogP contribution in [0.1, 0.15) is 40.0 Å². The number of fused-ring (bicyclic) bond motifs is 2. The Kier molecular flexibility index (Phi) is 2.25. The Balaban J connectivity index is 1.98. The minimum Gasteiger partial charge on any atom is -0.495 e. The zero-order chi connectivity index (χ0) is 12.3. The number of ether oxygens (including phenoxy) is 1. The van der Waals surface area contributed by atoms with Crippen molar-refractivity contribution in [2.24, 2.45) is 17.3 Å². The van der Waals surface area contributed by atoms with Crippen LogP contribution in [0.3, 0.4) is 0 Å². The van der Waals surface area contributed by atoms with Crippen LogP contribution in [-0.4, -0.2) is 17.3 Å². The quantitative estimate of drug-likeness (QED) is 0.707. The van der Waals surface area contributed by atoms with Crippen LogP contribution >= 0.6 is 0 Å². The second-order valence-electron chi connectivity index (χ2n) is 6.60. The lowest BCUT2D eigenvalue weighted by Gasteiger charge is -2.54. The van der Waals surface area contributed by atoms with E-state index >= 15 is 0 Å². The Morgan fingerprint density at radius 3 is 2.65 bits per heavy atom. The van der Waals surface area contributed by atoms with Gasteiger partial charge >= 0.3 is 0 Å². The van der Waals surface area contributed by atoms with Crippen LogP contribution in [0.2, 0.25) is 0 Å². The van der Waals surface area contributed by atoms with Gasteiger partial charge in [0.25, 0.3) is 0 Å². The molecule has 4 aliphatic rings. The zero-order valence-corrected chi connectivity index (χ0v) is 11.0. The summed E-state index contributed by atoms with van der Waals surface area (Å²) in [6.07, 6.45) is 7.20. The highest BCUT2D eigenvalue weighted by Gasteiger charge is 2.55. The summed E-state index contributed by atoms with van der Waals surface area (Å²) in [5.41, 5.74) is 1.04. The molecule has 0 amide bonds. The molecule has 2 bridgehead atoms. The van der Waals surface area contributed by atoms with Gasteiger partial charge in [0.1, 0.15) is 11.4 Å². The molecular weight excluding hydrogens is 212 g/mol. The van der Waals surface area contributed by atoms with Crippen LogP contribution in [0.15, 0.2) is 23.5 Å². The fraction of sp³-hybridized carbons (Fsp3) is 0.733. The van der Waals surface area contributed by atoms with Gasteiger partial charge in [0, 0.05) is 12.3 Å².